The summed E-state index contributed by atoms with van der Waals surface area (Å²) in [5.74, 6) is 0.622. The predicted octanol–water partition coefficient (Wildman–Crippen LogP) is 4.59. The van der Waals surface area contributed by atoms with E-state index in [0.29, 0.717) is 16.3 Å². The molecule has 98 valence electrons. The molecule has 0 unspecified atom stereocenters. The number of nitro benzene ring substituents is 1. The molecule has 19 heavy (non-hydrogen) atoms. The van der Waals surface area contributed by atoms with Gasteiger partial charge in [-0.05, 0) is 40.2 Å². The Hall–Kier alpha value is -1.59. The molecule has 0 aliphatic rings. The van der Waals surface area contributed by atoms with Crippen LogP contribution in [0.25, 0.3) is 0 Å². The molecule has 0 N–H and O–H groups in total. The summed E-state index contributed by atoms with van der Waals surface area (Å²) in [6.45, 7) is 0.0828. The maximum atomic E-state index is 10.9. The summed E-state index contributed by atoms with van der Waals surface area (Å²) in [6.07, 6.45) is 0. The van der Waals surface area contributed by atoms with Crippen LogP contribution in [0.15, 0.2) is 46.9 Å². The lowest BCUT2D eigenvalue weighted by atomic mass is 10.2. The summed E-state index contributed by atoms with van der Waals surface area (Å²) in [4.78, 5) is 10.5. The largest absolute Gasteiger partial charge is 0.487 e. The van der Waals surface area contributed by atoms with Crippen LogP contribution in [0.5, 0.6) is 5.75 Å². The van der Waals surface area contributed by atoms with Gasteiger partial charge in [0.1, 0.15) is 12.4 Å². The first-order valence-electron chi connectivity index (χ1n) is 5.38. The first-order chi connectivity index (χ1) is 9.08. The zero-order valence-electron chi connectivity index (χ0n) is 9.68. The van der Waals surface area contributed by atoms with E-state index in [0.717, 1.165) is 4.47 Å². The molecule has 0 fully saturated rings. The van der Waals surface area contributed by atoms with Gasteiger partial charge in [0.05, 0.1) is 15.0 Å². The SMILES string of the molecule is O=[N+]([O-])c1ccc(Cl)cc1COc1ccccc1Br. The van der Waals surface area contributed by atoms with E-state index in [1.807, 2.05) is 18.2 Å². The number of rotatable bonds is 4. The van der Waals surface area contributed by atoms with E-state index in [9.17, 15) is 10.1 Å². The third-order valence-electron chi connectivity index (χ3n) is 2.46. The highest BCUT2D eigenvalue weighted by molar-refractivity contribution is 9.10. The van der Waals surface area contributed by atoms with Gasteiger partial charge in [0.15, 0.2) is 0 Å². The normalized spacial score (nSPS) is 10.2. The molecule has 0 aliphatic carbocycles. The van der Waals surface area contributed by atoms with Gasteiger partial charge in [-0.25, -0.2) is 0 Å². The summed E-state index contributed by atoms with van der Waals surface area (Å²) < 4.78 is 6.35. The van der Waals surface area contributed by atoms with Crippen LogP contribution in [0.3, 0.4) is 0 Å². The van der Waals surface area contributed by atoms with Crippen molar-refractivity contribution in [3.63, 3.8) is 0 Å². The number of para-hydroxylation sites is 1. The second kappa shape index (κ2) is 6.04. The molecule has 0 atom stereocenters. The van der Waals surface area contributed by atoms with Gasteiger partial charge < -0.3 is 4.74 Å². The number of nitro groups is 1. The van der Waals surface area contributed by atoms with E-state index in [-0.39, 0.29) is 12.3 Å². The van der Waals surface area contributed by atoms with Crippen LogP contribution in [0.4, 0.5) is 5.69 Å². The molecular weight excluding hydrogens is 334 g/mol. The molecule has 0 saturated heterocycles. The summed E-state index contributed by atoms with van der Waals surface area (Å²) >= 11 is 9.19. The van der Waals surface area contributed by atoms with E-state index >= 15 is 0 Å². The van der Waals surface area contributed by atoms with Gasteiger partial charge in [-0.1, -0.05) is 23.7 Å². The van der Waals surface area contributed by atoms with Crippen molar-refractivity contribution < 1.29 is 9.66 Å². The molecule has 2 rings (SSSR count). The second-order valence-corrected chi connectivity index (χ2v) is 5.04. The number of benzene rings is 2. The average molecular weight is 343 g/mol. The van der Waals surface area contributed by atoms with Gasteiger partial charge in [0.2, 0.25) is 0 Å². The Morgan fingerprint density at radius 3 is 2.68 bits per heavy atom. The summed E-state index contributed by atoms with van der Waals surface area (Å²) in [7, 11) is 0. The van der Waals surface area contributed by atoms with Gasteiger partial charge >= 0.3 is 0 Å². The van der Waals surface area contributed by atoms with Gasteiger partial charge in [-0.15, -0.1) is 0 Å². The van der Waals surface area contributed by atoms with Crippen LogP contribution in [-0.2, 0) is 6.61 Å². The third kappa shape index (κ3) is 3.45. The number of nitrogens with zero attached hydrogens (tertiary/aromatic N) is 1. The summed E-state index contributed by atoms with van der Waals surface area (Å²) in [6, 6.07) is 11.7. The summed E-state index contributed by atoms with van der Waals surface area (Å²) in [5, 5.41) is 11.4. The number of hydrogen-bond acceptors (Lipinski definition) is 3. The van der Waals surface area contributed by atoms with Crippen molar-refractivity contribution in [2.45, 2.75) is 6.61 Å². The molecular formula is C13H9BrClNO3. The van der Waals surface area contributed by atoms with Crippen molar-refractivity contribution in [1.82, 2.24) is 0 Å². The second-order valence-electron chi connectivity index (χ2n) is 3.75. The average Bonchev–Trinajstić information content (AvgIpc) is 2.37. The third-order valence-corrected chi connectivity index (χ3v) is 3.35. The lowest BCUT2D eigenvalue weighted by Gasteiger charge is -2.08. The highest BCUT2D eigenvalue weighted by Crippen LogP contribution is 2.27. The lowest BCUT2D eigenvalue weighted by Crippen LogP contribution is -2.01. The zero-order valence-corrected chi connectivity index (χ0v) is 12.0. The Bertz CT molecular complexity index is 619. The molecule has 4 nitrogen and oxygen atoms in total. The molecule has 6 heteroatoms. The molecule has 0 aromatic heterocycles. The maximum absolute atomic E-state index is 10.9. The first kappa shape index (κ1) is 13.8. The van der Waals surface area contributed by atoms with Crippen molar-refractivity contribution in [1.29, 1.82) is 0 Å². The Morgan fingerprint density at radius 2 is 2.00 bits per heavy atom. The monoisotopic (exact) mass is 341 g/mol. The van der Waals surface area contributed by atoms with Gasteiger partial charge in [-0.3, -0.25) is 10.1 Å². The fourth-order valence-corrected chi connectivity index (χ4v) is 2.16. The molecule has 0 bridgehead atoms. The number of hydrogen-bond donors (Lipinski definition) is 0. The van der Waals surface area contributed by atoms with Crippen LogP contribution < -0.4 is 4.74 Å². The highest BCUT2D eigenvalue weighted by Gasteiger charge is 2.14. The minimum absolute atomic E-state index is 0.00328. The number of ether oxygens (including phenoxy) is 1. The first-order valence-corrected chi connectivity index (χ1v) is 6.55. The van der Waals surface area contributed by atoms with Crippen molar-refractivity contribution in [3.8, 4) is 5.75 Å². The number of halogens is 2. The minimum atomic E-state index is -0.449. The fourth-order valence-electron chi connectivity index (χ4n) is 1.57. The van der Waals surface area contributed by atoms with Gasteiger partial charge in [0.25, 0.3) is 5.69 Å². The minimum Gasteiger partial charge on any atom is -0.487 e. The Balaban J connectivity index is 2.22. The Morgan fingerprint density at radius 1 is 1.26 bits per heavy atom. The molecule has 0 heterocycles. The van der Waals surface area contributed by atoms with Crippen molar-refractivity contribution in [2.75, 3.05) is 0 Å². The Kier molecular flexibility index (Phi) is 4.39. The van der Waals surface area contributed by atoms with E-state index in [2.05, 4.69) is 15.9 Å². The smallest absolute Gasteiger partial charge is 0.276 e. The van der Waals surface area contributed by atoms with E-state index in [1.165, 1.54) is 18.2 Å². The lowest BCUT2D eigenvalue weighted by molar-refractivity contribution is -0.385. The topological polar surface area (TPSA) is 52.4 Å². The molecule has 0 saturated carbocycles. The van der Waals surface area contributed by atoms with Crippen LogP contribution in [-0.4, -0.2) is 4.92 Å². The van der Waals surface area contributed by atoms with Crippen LogP contribution in [0, 0.1) is 10.1 Å². The van der Waals surface area contributed by atoms with Crippen molar-refractivity contribution >= 4 is 33.2 Å². The molecule has 0 amide bonds. The fraction of sp³-hybridized carbons (Fsp3) is 0.0769. The summed E-state index contributed by atoms with van der Waals surface area (Å²) in [5.41, 5.74) is 0.435. The highest BCUT2D eigenvalue weighted by atomic mass is 79.9. The van der Waals surface area contributed by atoms with E-state index in [1.54, 1.807) is 6.07 Å². The van der Waals surface area contributed by atoms with Crippen LogP contribution in [0.1, 0.15) is 5.56 Å². The Labute approximate surface area is 123 Å². The molecule has 0 radical (unpaired) electrons. The van der Waals surface area contributed by atoms with E-state index in [4.69, 9.17) is 16.3 Å². The maximum Gasteiger partial charge on any atom is 0.276 e. The van der Waals surface area contributed by atoms with Crippen LogP contribution in [0.2, 0.25) is 5.02 Å². The van der Waals surface area contributed by atoms with Gasteiger partial charge in [-0.2, -0.15) is 0 Å². The molecule has 2 aromatic carbocycles. The van der Waals surface area contributed by atoms with Crippen molar-refractivity contribution in [2.24, 2.45) is 0 Å². The molecule has 0 aliphatic heterocycles. The van der Waals surface area contributed by atoms with E-state index < -0.39 is 4.92 Å². The van der Waals surface area contributed by atoms with Gasteiger partial charge in [0, 0.05) is 11.1 Å². The van der Waals surface area contributed by atoms with Crippen molar-refractivity contribution in [3.05, 3.63) is 67.6 Å². The molecule has 2 aromatic rings. The standard InChI is InChI=1S/C13H9BrClNO3/c14-11-3-1-2-4-13(11)19-8-9-7-10(15)5-6-12(9)16(17)18/h1-7H,8H2. The zero-order chi connectivity index (χ0) is 13.8. The molecule has 0 spiro atoms. The predicted molar refractivity (Wildman–Crippen MR) is 76.6 cm³/mol. The quantitative estimate of drug-likeness (QED) is 0.603. The van der Waals surface area contributed by atoms with Crippen LogP contribution >= 0.6 is 27.5 Å².